The van der Waals surface area contributed by atoms with Crippen LogP contribution in [0, 0.1) is 11.6 Å². The van der Waals surface area contributed by atoms with Gasteiger partial charge in [0.15, 0.2) is 17.7 Å². The van der Waals surface area contributed by atoms with Crippen LogP contribution in [0.25, 0.3) is 0 Å². The molecule has 3 aliphatic rings. The van der Waals surface area contributed by atoms with Crippen LogP contribution in [-0.2, 0) is 16.0 Å². The molecule has 3 aliphatic heterocycles. The molecule has 1 aromatic carbocycles. The molecule has 9 nitrogen and oxygen atoms in total. The Hall–Kier alpha value is -3.31. The van der Waals surface area contributed by atoms with E-state index in [1.54, 1.807) is 9.47 Å². The summed E-state index contributed by atoms with van der Waals surface area (Å²) >= 11 is 0. The van der Waals surface area contributed by atoms with Crippen molar-refractivity contribution in [2.45, 2.75) is 51.1 Å². The molecule has 3 unspecified atom stereocenters. The molecular formula is C25H27F2N3O6. The maximum Gasteiger partial charge on any atom is 0.276 e. The molecule has 5 rings (SSSR count). The first-order chi connectivity index (χ1) is 17.4. The molecule has 0 aliphatic carbocycles. The third-order valence-electron chi connectivity index (χ3n) is 6.93. The normalized spacial score (nSPS) is 21.9. The van der Waals surface area contributed by atoms with E-state index >= 15 is 0 Å². The van der Waals surface area contributed by atoms with Gasteiger partial charge in [-0.3, -0.25) is 14.4 Å². The van der Waals surface area contributed by atoms with Crippen LogP contribution in [0.15, 0.2) is 23.0 Å². The summed E-state index contributed by atoms with van der Waals surface area (Å²) in [5, 5.41) is 2.56. The van der Waals surface area contributed by atoms with E-state index < -0.39 is 41.2 Å². The molecule has 0 saturated carbocycles. The van der Waals surface area contributed by atoms with E-state index in [1.807, 2.05) is 6.92 Å². The maximum atomic E-state index is 14.1. The van der Waals surface area contributed by atoms with Gasteiger partial charge in [-0.05, 0) is 12.5 Å². The van der Waals surface area contributed by atoms with Gasteiger partial charge in [0.05, 0.1) is 24.9 Å². The molecule has 1 saturated heterocycles. The number of fused-ring (bicyclic) bond motifs is 2. The van der Waals surface area contributed by atoms with Crippen molar-refractivity contribution >= 4 is 11.8 Å². The summed E-state index contributed by atoms with van der Waals surface area (Å²) in [5.41, 5.74) is -0.519. The number of hydrogen-bond acceptors (Lipinski definition) is 6. The molecule has 1 N–H and O–H groups in total. The lowest BCUT2D eigenvalue weighted by molar-refractivity contribution is -0.0190. The van der Waals surface area contributed by atoms with Crippen molar-refractivity contribution in [2.24, 2.45) is 0 Å². The summed E-state index contributed by atoms with van der Waals surface area (Å²) in [6, 6.07) is 2.67. The third-order valence-corrected chi connectivity index (χ3v) is 6.93. The Labute approximate surface area is 205 Å². The summed E-state index contributed by atoms with van der Waals surface area (Å²) in [7, 11) is 1.47. The van der Waals surface area contributed by atoms with Gasteiger partial charge < -0.3 is 29.0 Å². The Morgan fingerprint density at radius 2 is 2.08 bits per heavy atom. The van der Waals surface area contributed by atoms with E-state index in [-0.39, 0.29) is 47.5 Å². The predicted octanol–water partition coefficient (Wildman–Crippen LogP) is 2.68. The highest BCUT2D eigenvalue weighted by molar-refractivity contribution is 6.01. The number of pyridine rings is 1. The van der Waals surface area contributed by atoms with Crippen molar-refractivity contribution in [2.75, 3.05) is 26.9 Å². The monoisotopic (exact) mass is 503 g/mol. The van der Waals surface area contributed by atoms with Crippen molar-refractivity contribution in [3.63, 3.8) is 0 Å². The highest BCUT2D eigenvalue weighted by Gasteiger charge is 2.52. The zero-order chi connectivity index (χ0) is 25.6. The zero-order valence-electron chi connectivity index (χ0n) is 20.0. The number of halogens is 2. The number of hydrogen-bond donors (Lipinski definition) is 1. The van der Waals surface area contributed by atoms with Crippen molar-refractivity contribution in [1.82, 2.24) is 14.8 Å². The van der Waals surface area contributed by atoms with E-state index in [0.717, 1.165) is 18.6 Å². The second-order valence-electron chi connectivity index (χ2n) is 9.04. The van der Waals surface area contributed by atoms with Crippen molar-refractivity contribution in [1.29, 1.82) is 0 Å². The number of nitrogens with zero attached hydrogens (tertiary/aromatic N) is 2. The summed E-state index contributed by atoms with van der Waals surface area (Å²) in [4.78, 5) is 42.2. The number of carbonyl (C=O) groups is 2. The molecule has 1 aromatic heterocycles. The third kappa shape index (κ3) is 3.86. The Balaban J connectivity index is 1.61. The average molecular weight is 504 g/mol. The number of unbranched alkanes of at least 4 members (excludes halogenated alkanes) is 1. The fourth-order valence-electron chi connectivity index (χ4n) is 5.20. The van der Waals surface area contributed by atoms with Crippen LogP contribution in [0.1, 0.15) is 70.4 Å². The van der Waals surface area contributed by atoms with Crippen molar-refractivity contribution < 1.29 is 32.6 Å². The van der Waals surface area contributed by atoms with E-state index in [9.17, 15) is 23.2 Å². The fraction of sp³-hybridized carbons (Fsp3) is 0.480. The summed E-state index contributed by atoms with van der Waals surface area (Å²) in [6.07, 6.45) is 0.663. The van der Waals surface area contributed by atoms with Crippen LogP contribution in [0.5, 0.6) is 5.75 Å². The lowest BCUT2D eigenvalue weighted by Gasteiger charge is -2.36. The SMILES string of the molecule is CCCCOc1c2n3c(c(C(=O)NCc4ccc(F)cc4F)c1=O)C(OC)CC3C1OCCN1C2=O. The lowest BCUT2D eigenvalue weighted by atomic mass is 10.1. The Morgan fingerprint density at radius 1 is 1.28 bits per heavy atom. The van der Waals surface area contributed by atoms with Gasteiger partial charge in [0.1, 0.15) is 23.3 Å². The number of aromatic nitrogens is 1. The number of nitrogens with one attached hydrogen (secondary N) is 1. The summed E-state index contributed by atoms with van der Waals surface area (Å²) < 4.78 is 46.4. The molecule has 0 radical (unpaired) electrons. The number of benzene rings is 1. The van der Waals surface area contributed by atoms with Gasteiger partial charge >= 0.3 is 0 Å². The molecule has 0 spiro atoms. The number of ether oxygens (including phenoxy) is 3. The number of methoxy groups -OCH3 is 1. The minimum absolute atomic E-state index is 0.0602. The molecular weight excluding hydrogens is 476 g/mol. The van der Waals surface area contributed by atoms with E-state index in [2.05, 4.69) is 5.32 Å². The molecule has 4 heterocycles. The van der Waals surface area contributed by atoms with Gasteiger partial charge in [-0.1, -0.05) is 19.4 Å². The Bertz CT molecular complexity index is 1280. The van der Waals surface area contributed by atoms with Gasteiger partial charge in [-0.25, -0.2) is 8.78 Å². The standard InChI is InChI=1S/C25H27F2N3O6/c1-3-4-8-35-22-20-24(33)29-7-9-36-25(29)16-11-17(34-2)19(30(16)20)18(21(22)31)23(32)28-12-13-5-6-14(26)10-15(13)27/h5-6,10,16-17,25H,3-4,7-9,11-12H2,1-2H3,(H,28,32). The van der Waals surface area contributed by atoms with Crippen LogP contribution in [0.4, 0.5) is 8.78 Å². The molecule has 2 aromatic rings. The van der Waals surface area contributed by atoms with Crippen molar-refractivity contribution in [3.05, 3.63) is 62.6 Å². The lowest BCUT2D eigenvalue weighted by Crippen LogP contribution is -2.49. The van der Waals surface area contributed by atoms with Crippen LogP contribution < -0.4 is 15.5 Å². The molecule has 192 valence electrons. The van der Waals surface area contributed by atoms with Gasteiger partial charge in [-0.15, -0.1) is 0 Å². The van der Waals surface area contributed by atoms with E-state index in [1.165, 1.54) is 13.2 Å². The first kappa shape index (κ1) is 24.4. The topological polar surface area (TPSA) is 99.1 Å². The Kier molecular flexibility index (Phi) is 6.52. The van der Waals surface area contributed by atoms with E-state index in [4.69, 9.17) is 14.2 Å². The number of rotatable bonds is 8. The highest BCUT2D eigenvalue weighted by atomic mass is 19.1. The summed E-state index contributed by atoms with van der Waals surface area (Å²) in [5.74, 6) is -2.89. The fourth-order valence-corrected chi connectivity index (χ4v) is 5.20. The summed E-state index contributed by atoms with van der Waals surface area (Å²) in [6.45, 7) is 2.65. The van der Waals surface area contributed by atoms with Crippen LogP contribution >= 0.6 is 0 Å². The van der Waals surface area contributed by atoms with Crippen LogP contribution in [0.2, 0.25) is 0 Å². The maximum absolute atomic E-state index is 14.1. The highest BCUT2D eigenvalue weighted by Crippen LogP contribution is 2.47. The first-order valence-electron chi connectivity index (χ1n) is 12.0. The first-order valence-corrected chi connectivity index (χ1v) is 12.0. The minimum Gasteiger partial charge on any atom is -0.487 e. The van der Waals surface area contributed by atoms with E-state index in [0.29, 0.717) is 26.0 Å². The smallest absolute Gasteiger partial charge is 0.276 e. The number of carbonyl (C=O) groups excluding carboxylic acids is 2. The molecule has 2 amide bonds. The number of amides is 2. The second kappa shape index (κ2) is 9.62. The zero-order valence-corrected chi connectivity index (χ0v) is 20.0. The van der Waals surface area contributed by atoms with Gasteiger partial charge in [0.2, 0.25) is 5.43 Å². The largest absolute Gasteiger partial charge is 0.487 e. The molecule has 3 atom stereocenters. The second-order valence-corrected chi connectivity index (χ2v) is 9.04. The van der Waals surface area contributed by atoms with Crippen LogP contribution in [0.3, 0.4) is 0 Å². The van der Waals surface area contributed by atoms with Gasteiger partial charge in [0, 0.05) is 38.2 Å². The molecule has 1 fully saturated rings. The molecule has 11 heteroatoms. The van der Waals surface area contributed by atoms with Gasteiger partial charge in [-0.2, -0.15) is 0 Å². The minimum atomic E-state index is -0.815. The quantitative estimate of drug-likeness (QED) is 0.557. The average Bonchev–Trinajstić information content (AvgIpc) is 3.48. The molecule has 0 bridgehead atoms. The van der Waals surface area contributed by atoms with Crippen molar-refractivity contribution in [3.8, 4) is 5.75 Å². The van der Waals surface area contributed by atoms with Crippen LogP contribution in [-0.4, -0.2) is 54.4 Å². The Morgan fingerprint density at radius 3 is 2.81 bits per heavy atom. The molecule has 36 heavy (non-hydrogen) atoms. The predicted molar refractivity (Wildman–Crippen MR) is 123 cm³/mol. The van der Waals surface area contributed by atoms with Gasteiger partial charge in [0.25, 0.3) is 11.8 Å².